The molecule has 4 rings (SSSR count). The summed E-state index contributed by atoms with van der Waals surface area (Å²) in [6, 6.07) is 22.1. The molecule has 3 aromatic carbocycles. The molecular formula is C28H27BrN4O5. The van der Waals surface area contributed by atoms with Gasteiger partial charge in [-0.1, -0.05) is 70.5 Å². The first-order valence-corrected chi connectivity index (χ1v) is 12.9. The van der Waals surface area contributed by atoms with Gasteiger partial charge < -0.3 is 10.2 Å². The van der Waals surface area contributed by atoms with E-state index in [1.165, 1.54) is 21.9 Å². The fourth-order valence-electron chi connectivity index (χ4n) is 4.25. The molecule has 1 fully saturated rings. The van der Waals surface area contributed by atoms with E-state index in [9.17, 15) is 19.2 Å². The summed E-state index contributed by atoms with van der Waals surface area (Å²) in [6.45, 7) is 0.658. The number of rotatable bonds is 10. The van der Waals surface area contributed by atoms with Gasteiger partial charge in [-0.3, -0.25) is 24.5 Å². The number of nitrogens with zero attached hydrogens (tertiary/aromatic N) is 2. The lowest BCUT2D eigenvalue weighted by molar-refractivity contribution is -0.129. The Balaban J connectivity index is 1.41. The second-order valence-corrected chi connectivity index (χ2v) is 9.83. The van der Waals surface area contributed by atoms with Crippen molar-refractivity contribution in [1.29, 1.82) is 0 Å². The Kier molecular flexibility index (Phi) is 8.88. The van der Waals surface area contributed by atoms with Gasteiger partial charge >= 0.3 is 6.03 Å². The highest BCUT2D eigenvalue weighted by Crippen LogP contribution is 2.26. The van der Waals surface area contributed by atoms with Crippen molar-refractivity contribution in [2.24, 2.45) is 0 Å². The number of hydroxylamine groups is 1. The van der Waals surface area contributed by atoms with Crippen LogP contribution in [-0.2, 0) is 29.2 Å². The topological polar surface area (TPSA) is 119 Å². The van der Waals surface area contributed by atoms with Gasteiger partial charge in [0.25, 0.3) is 11.8 Å². The van der Waals surface area contributed by atoms with Crippen molar-refractivity contribution in [2.45, 2.75) is 38.5 Å². The Hall–Kier alpha value is -4.02. The molecule has 1 saturated heterocycles. The number of hydrogen-bond donors (Lipinski definition) is 3. The van der Waals surface area contributed by atoms with Gasteiger partial charge in [-0.05, 0) is 47.4 Å². The normalized spacial score (nSPS) is 15.1. The third kappa shape index (κ3) is 6.64. The molecule has 1 atom stereocenters. The van der Waals surface area contributed by atoms with Crippen LogP contribution in [0.3, 0.4) is 0 Å². The summed E-state index contributed by atoms with van der Waals surface area (Å²) in [4.78, 5) is 53.5. The molecule has 196 valence electrons. The number of imide groups is 1. The summed E-state index contributed by atoms with van der Waals surface area (Å²) >= 11 is 3.41. The van der Waals surface area contributed by atoms with Crippen molar-refractivity contribution in [2.75, 3.05) is 0 Å². The molecule has 1 unspecified atom stereocenters. The smallest absolute Gasteiger partial charge is 0.328 e. The van der Waals surface area contributed by atoms with Gasteiger partial charge in [0.2, 0.25) is 5.91 Å². The van der Waals surface area contributed by atoms with E-state index in [1.54, 1.807) is 17.6 Å². The van der Waals surface area contributed by atoms with Crippen LogP contribution in [0.2, 0.25) is 0 Å². The second kappa shape index (κ2) is 12.5. The zero-order chi connectivity index (χ0) is 27.1. The lowest BCUT2D eigenvalue weighted by Crippen LogP contribution is -2.36. The minimum atomic E-state index is -0.753. The van der Waals surface area contributed by atoms with Gasteiger partial charge in [-0.15, -0.1) is 0 Å². The van der Waals surface area contributed by atoms with Gasteiger partial charge in [0, 0.05) is 29.5 Å². The zero-order valence-corrected chi connectivity index (χ0v) is 22.1. The van der Waals surface area contributed by atoms with E-state index in [0.29, 0.717) is 0 Å². The number of benzene rings is 3. The minimum absolute atomic E-state index is 0.0602. The van der Waals surface area contributed by atoms with E-state index in [0.717, 1.165) is 21.2 Å². The molecule has 1 aliphatic heterocycles. The van der Waals surface area contributed by atoms with Gasteiger partial charge in [-0.25, -0.2) is 10.3 Å². The fraction of sp³-hybridized carbons (Fsp3) is 0.214. The molecule has 0 aliphatic carbocycles. The number of nitrogens with one attached hydrogen (secondary N) is 2. The third-order valence-electron chi connectivity index (χ3n) is 6.31. The van der Waals surface area contributed by atoms with E-state index in [4.69, 9.17) is 5.21 Å². The van der Waals surface area contributed by atoms with Crippen LogP contribution in [0.5, 0.6) is 0 Å². The Morgan fingerprint density at radius 3 is 2.13 bits per heavy atom. The summed E-state index contributed by atoms with van der Waals surface area (Å²) in [5.41, 5.74) is 4.35. The van der Waals surface area contributed by atoms with Crippen LogP contribution in [0.15, 0.2) is 83.3 Å². The van der Waals surface area contributed by atoms with Crippen molar-refractivity contribution in [3.63, 3.8) is 0 Å². The predicted octanol–water partition coefficient (Wildman–Crippen LogP) is 4.00. The van der Waals surface area contributed by atoms with E-state index in [2.05, 4.69) is 21.2 Å². The second-order valence-electron chi connectivity index (χ2n) is 8.92. The van der Waals surface area contributed by atoms with Crippen LogP contribution in [0.4, 0.5) is 4.79 Å². The molecule has 3 aromatic rings. The lowest BCUT2D eigenvalue weighted by atomic mass is 10.1. The maximum atomic E-state index is 13.4. The van der Waals surface area contributed by atoms with Crippen LogP contribution in [0.25, 0.3) is 0 Å². The van der Waals surface area contributed by atoms with Gasteiger partial charge in [0.05, 0.1) is 6.54 Å². The summed E-state index contributed by atoms with van der Waals surface area (Å²) < 4.78 is 0.912. The van der Waals surface area contributed by atoms with Crippen molar-refractivity contribution in [3.8, 4) is 0 Å². The Morgan fingerprint density at radius 1 is 0.842 bits per heavy atom. The monoisotopic (exact) mass is 578 g/mol. The summed E-state index contributed by atoms with van der Waals surface area (Å²) in [5.74, 6) is -1.19. The molecule has 1 aliphatic rings. The van der Waals surface area contributed by atoms with Crippen molar-refractivity contribution < 1.29 is 24.4 Å². The molecular weight excluding hydrogens is 552 g/mol. The maximum absolute atomic E-state index is 13.4. The number of halogens is 1. The highest BCUT2D eigenvalue weighted by Gasteiger charge is 2.44. The Morgan fingerprint density at radius 2 is 1.47 bits per heavy atom. The molecule has 0 bridgehead atoms. The summed E-state index contributed by atoms with van der Waals surface area (Å²) in [6.07, 6.45) is 0.249. The molecule has 3 N–H and O–H groups in total. The molecule has 0 aromatic heterocycles. The quantitative estimate of drug-likeness (QED) is 0.191. The lowest BCUT2D eigenvalue weighted by Gasteiger charge is -2.22. The Bertz CT molecular complexity index is 1300. The van der Waals surface area contributed by atoms with Crippen LogP contribution in [-0.4, -0.2) is 44.8 Å². The minimum Gasteiger partial charge on any atom is -0.352 e. The molecule has 0 spiro atoms. The number of urea groups is 1. The molecule has 0 radical (unpaired) electrons. The zero-order valence-electron chi connectivity index (χ0n) is 20.5. The maximum Gasteiger partial charge on any atom is 0.328 e. The molecule has 5 amide bonds. The number of amides is 5. The fourth-order valence-corrected chi connectivity index (χ4v) is 4.51. The molecule has 10 heteroatoms. The first-order chi connectivity index (χ1) is 18.4. The van der Waals surface area contributed by atoms with Crippen LogP contribution in [0.1, 0.15) is 39.9 Å². The highest BCUT2D eigenvalue weighted by atomic mass is 79.9. The average molecular weight is 579 g/mol. The first kappa shape index (κ1) is 27.0. The summed E-state index contributed by atoms with van der Waals surface area (Å²) in [5, 5.41) is 11.5. The Labute approximate surface area is 228 Å². The first-order valence-electron chi connectivity index (χ1n) is 12.1. The van der Waals surface area contributed by atoms with E-state index in [1.807, 2.05) is 54.6 Å². The van der Waals surface area contributed by atoms with E-state index < -0.39 is 11.9 Å². The van der Waals surface area contributed by atoms with Crippen LogP contribution >= 0.6 is 15.9 Å². The van der Waals surface area contributed by atoms with E-state index in [-0.39, 0.29) is 55.9 Å². The third-order valence-corrected chi connectivity index (χ3v) is 6.83. The molecule has 9 nitrogen and oxygen atoms in total. The molecule has 1 heterocycles. The van der Waals surface area contributed by atoms with Crippen molar-refractivity contribution >= 4 is 39.7 Å². The number of carbonyl (C=O) groups is 4. The number of hydrogen-bond acceptors (Lipinski definition) is 5. The van der Waals surface area contributed by atoms with Gasteiger partial charge in [0.1, 0.15) is 6.04 Å². The molecule has 0 saturated carbocycles. The van der Waals surface area contributed by atoms with Crippen LogP contribution in [0, 0.1) is 0 Å². The van der Waals surface area contributed by atoms with Gasteiger partial charge in [0.15, 0.2) is 0 Å². The van der Waals surface area contributed by atoms with Crippen LogP contribution < -0.4 is 10.8 Å². The van der Waals surface area contributed by atoms with Gasteiger partial charge in [-0.2, -0.15) is 0 Å². The van der Waals surface area contributed by atoms with E-state index >= 15 is 0 Å². The average Bonchev–Trinajstić information content (AvgIpc) is 3.15. The number of carbonyl (C=O) groups excluding carboxylic acids is 4. The standard InChI is InChI=1S/C28H27BrN4O5/c29-23-12-8-21(9-13-23)17-32-24(27(36)33(28(32)37)18-20-4-2-1-3-5-20)14-15-25(34)30-16-19-6-10-22(11-7-19)26(35)31-38/h1-13,24,38H,14-18H2,(H,30,34)(H,31,35). The summed E-state index contributed by atoms with van der Waals surface area (Å²) in [7, 11) is 0. The van der Waals surface area contributed by atoms with Crippen molar-refractivity contribution in [3.05, 3.63) is 106 Å². The largest absolute Gasteiger partial charge is 0.352 e. The highest BCUT2D eigenvalue weighted by molar-refractivity contribution is 9.10. The SMILES string of the molecule is O=C(CCC1C(=O)N(Cc2ccccc2)C(=O)N1Cc1ccc(Br)cc1)NCc1ccc(C(=O)NO)cc1. The molecule has 38 heavy (non-hydrogen) atoms. The van der Waals surface area contributed by atoms with Crippen molar-refractivity contribution in [1.82, 2.24) is 20.6 Å². The predicted molar refractivity (Wildman–Crippen MR) is 143 cm³/mol.